The first-order valence-electron chi connectivity index (χ1n) is 7.78. The van der Waals surface area contributed by atoms with Crippen LogP contribution in [0.3, 0.4) is 0 Å². The van der Waals surface area contributed by atoms with Crippen LogP contribution in [0.4, 0.5) is 0 Å². The number of nitrogens with two attached hydrogens (primary N) is 1. The standard InChI is InChI=1S/C16H23N3O4S/c1-4-8-18-15(20)16(2,3)10-23-12-7-5-6-11-9-24(21,22)19-14(17)13(11)12/h5-7H,4,8-10H2,1-3H3,(H2,17,19)(H,18,20). The van der Waals surface area contributed by atoms with Crippen molar-refractivity contribution < 1.29 is 17.9 Å². The third kappa shape index (κ3) is 4.05. The summed E-state index contributed by atoms with van der Waals surface area (Å²) in [4.78, 5) is 12.2. The molecule has 0 aromatic heterocycles. The summed E-state index contributed by atoms with van der Waals surface area (Å²) in [6.07, 6.45) is 0.857. The van der Waals surface area contributed by atoms with Crippen LogP contribution in [0.2, 0.25) is 0 Å². The predicted octanol–water partition coefficient (Wildman–Crippen LogP) is 1.17. The predicted molar refractivity (Wildman–Crippen MR) is 92.4 cm³/mol. The number of carbonyl (C=O) groups excluding carboxylic acids is 1. The molecule has 1 aromatic rings. The number of sulfonamides is 1. The summed E-state index contributed by atoms with van der Waals surface area (Å²) in [7, 11) is -3.59. The molecule has 7 nitrogen and oxygen atoms in total. The van der Waals surface area contributed by atoms with Crippen LogP contribution >= 0.6 is 0 Å². The average molecular weight is 353 g/mol. The topological polar surface area (TPSA) is 111 Å². The number of benzene rings is 1. The van der Waals surface area contributed by atoms with Gasteiger partial charge in [0.15, 0.2) is 0 Å². The molecule has 0 fully saturated rings. The Morgan fingerprint density at radius 2 is 2.12 bits per heavy atom. The van der Waals surface area contributed by atoms with Crippen LogP contribution in [0.1, 0.15) is 38.3 Å². The average Bonchev–Trinajstić information content (AvgIpc) is 2.48. The van der Waals surface area contributed by atoms with Crippen molar-refractivity contribution in [1.82, 2.24) is 5.32 Å². The zero-order chi connectivity index (χ0) is 18.0. The SMILES string of the molecule is CCCNC(=O)C(C)(C)COc1cccc2c1C(N)=NS(=O)(=O)C2. The van der Waals surface area contributed by atoms with E-state index in [1.54, 1.807) is 32.0 Å². The number of carbonyl (C=O) groups is 1. The minimum absolute atomic E-state index is 0.0832. The lowest BCUT2D eigenvalue weighted by atomic mass is 9.93. The fraction of sp³-hybridized carbons (Fsp3) is 0.500. The molecule has 0 aliphatic carbocycles. The number of hydrogen-bond donors (Lipinski definition) is 2. The van der Waals surface area contributed by atoms with Crippen LogP contribution in [0, 0.1) is 5.41 Å². The van der Waals surface area contributed by atoms with E-state index in [0.717, 1.165) is 6.42 Å². The minimum Gasteiger partial charge on any atom is -0.492 e. The summed E-state index contributed by atoms with van der Waals surface area (Å²) in [5, 5.41) is 2.84. The van der Waals surface area contributed by atoms with Crippen molar-refractivity contribution >= 4 is 21.8 Å². The van der Waals surface area contributed by atoms with E-state index in [2.05, 4.69) is 9.71 Å². The van der Waals surface area contributed by atoms with Gasteiger partial charge >= 0.3 is 0 Å². The van der Waals surface area contributed by atoms with Gasteiger partial charge in [-0.15, -0.1) is 4.40 Å². The van der Waals surface area contributed by atoms with Crippen LogP contribution in [0.15, 0.2) is 22.6 Å². The minimum atomic E-state index is -3.59. The Morgan fingerprint density at radius 3 is 2.79 bits per heavy atom. The van der Waals surface area contributed by atoms with Gasteiger partial charge in [0.2, 0.25) is 5.91 Å². The molecule has 1 aliphatic rings. The molecular formula is C16H23N3O4S. The van der Waals surface area contributed by atoms with Gasteiger partial charge in [0, 0.05) is 6.54 Å². The summed E-state index contributed by atoms with van der Waals surface area (Å²) in [5.74, 6) is 0.0409. The van der Waals surface area contributed by atoms with E-state index < -0.39 is 15.4 Å². The molecule has 0 saturated heterocycles. The highest BCUT2D eigenvalue weighted by Crippen LogP contribution is 2.29. The molecule has 3 N–H and O–H groups in total. The molecule has 1 aromatic carbocycles. The first-order chi connectivity index (χ1) is 11.2. The molecule has 1 aliphatic heterocycles. The van der Waals surface area contributed by atoms with Gasteiger partial charge in [0.25, 0.3) is 10.0 Å². The zero-order valence-corrected chi connectivity index (χ0v) is 14.9. The smallest absolute Gasteiger partial charge is 0.259 e. The lowest BCUT2D eigenvalue weighted by Gasteiger charge is -2.25. The Hall–Kier alpha value is -2.09. The van der Waals surface area contributed by atoms with Gasteiger partial charge in [-0.1, -0.05) is 19.1 Å². The number of nitrogens with zero attached hydrogens (tertiary/aromatic N) is 1. The molecule has 24 heavy (non-hydrogen) atoms. The van der Waals surface area contributed by atoms with Crippen LogP contribution in [0.25, 0.3) is 0 Å². The van der Waals surface area contributed by atoms with E-state index in [-0.39, 0.29) is 24.1 Å². The monoisotopic (exact) mass is 353 g/mol. The van der Waals surface area contributed by atoms with Crippen molar-refractivity contribution in [3.8, 4) is 5.75 Å². The number of nitrogens with one attached hydrogen (secondary N) is 1. The molecule has 8 heteroatoms. The van der Waals surface area contributed by atoms with E-state index in [0.29, 0.717) is 23.4 Å². The van der Waals surface area contributed by atoms with Crippen molar-refractivity contribution in [2.24, 2.45) is 15.5 Å². The van der Waals surface area contributed by atoms with Crippen molar-refractivity contribution in [2.45, 2.75) is 32.9 Å². The Kier molecular flexibility index (Phi) is 5.17. The van der Waals surface area contributed by atoms with Gasteiger partial charge in [0.05, 0.1) is 16.7 Å². The highest BCUT2D eigenvalue weighted by molar-refractivity contribution is 7.89. The van der Waals surface area contributed by atoms with Crippen molar-refractivity contribution in [1.29, 1.82) is 0 Å². The molecule has 0 saturated carbocycles. The maximum Gasteiger partial charge on any atom is 0.259 e. The van der Waals surface area contributed by atoms with E-state index in [4.69, 9.17) is 10.5 Å². The Balaban J connectivity index is 2.19. The molecule has 1 heterocycles. The lowest BCUT2D eigenvalue weighted by Crippen LogP contribution is -2.41. The molecule has 2 rings (SSSR count). The Bertz CT molecular complexity index is 770. The number of rotatable bonds is 6. The zero-order valence-electron chi connectivity index (χ0n) is 14.1. The Morgan fingerprint density at radius 1 is 1.42 bits per heavy atom. The van der Waals surface area contributed by atoms with Gasteiger partial charge in [0.1, 0.15) is 18.2 Å². The van der Waals surface area contributed by atoms with E-state index in [1.807, 2.05) is 6.92 Å². The lowest BCUT2D eigenvalue weighted by molar-refractivity contribution is -0.130. The third-order valence-corrected chi connectivity index (χ3v) is 4.83. The van der Waals surface area contributed by atoms with Crippen LogP contribution in [-0.2, 0) is 20.6 Å². The Labute approximate surface area is 142 Å². The number of amides is 1. The fourth-order valence-corrected chi connectivity index (χ4v) is 3.42. The molecule has 0 spiro atoms. The summed E-state index contributed by atoms with van der Waals surface area (Å²) in [5.41, 5.74) is 6.10. The highest BCUT2D eigenvalue weighted by Gasteiger charge is 2.30. The summed E-state index contributed by atoms with van der Waals surface area (Å²) in [6.45, 7) is 6.31. The van der Waals surface area contributed by atoms with Gasteiger partial charge < -0.3 is 15.8 Å². The van der Waals surface area contributed by atoms with Gasteiger partial charge in [-0.25, -0.2) is 8.42 Å². The summed E-state index contributed by atoms with van der Waals surface area (Å²) in [6, 6.07) is 5.08. The second-order valence-electron chi connectivity index (χ2n) is 6.42. The summed E-state index contributed by atoms with van der Waals surface area (Å²) < 4.78 is 32.7. The first-order valence-corrected chi connectivity index (χ1v) is 9.38. The van der Waals surface area contributed by atoms with E-state index >= 15 is 0 Å². The van der Waals surface area contributed by atoms with Gasteiger partial charge in [-0.05, 0) is 31.9 Å². The second-order valence-corrected chi connectivity index (χ2v) is 8.06. The maximum absolute atomic E-state index is 12.2. The van der Waals surface area contributed by atoms with E-state index in [9.17, 15) is 13.2 Å². The van der Waals surface area contributed by atoms with Crippen LogP contribution < -0.4 is 15.8 Å². The van der Waals surface area contributed by atoms with Gasteiger partial charge in [-0.3, -0.25) is 4.79 Å². The summed E-state index contributed by atoms with van der Waals surface area (Å²) >= 11 is 0. The second kappa shape index (κ2) is 6.80. The number of amidine groups is 1. The normalized spacial score (nSPS) is 16.0. The molecule has 0 bridgehead atoms. The highest BCUT2D eigenvalue weighted by atomic mass is 32.2. The first kappa shape index (κ1) is 18.3. The number of hydrogen-bond acceptors (Lipinski definition) is 5. The molecule has 0 atom stereocenters. The van der Waals surface area contributed by atoms with E-state index in [1.165, 1.54) is 0 Å². The molecule has 1 amide bonds. The van der Waals surface area contributed by atoms with Crippen molar-refractivity contribution in [3.05, 3.63) is 29.3 Å². The molecule has 0 unspecified atom stereocenters. The van der Waals surface area contributed by atoms with Crippen molar-refractivity contribution in [3.63, 3.8) is 0 Å². The van der Waals surface area contributed by atoms with Crippen LogP contribution in [-0.4, -0.2) is 33.3 Å². The number of fused-ring (bicyclic) bond motifs is 1. The fourth-order valence-electron chi connectivity index (χ4n) is 2.33. The largest absolute Gasteiger partial charge is 0.492 e. The number of ether oxygens (including phenoxy) is 1. The molecule has 132 valence electrons. The van der Waals surface area contributed by atoms with Crippen molar-refractivity contribution in [2.75, 3.05) is 13.2 Å². The quantitative estimate of drug-likeness (QED) is 0.797. The van der Waals surface area contributed by atoms with Crippen LogP contribution in [0.5, 0.6) is 5.75 Å². The maximum atomic E-state index is 12.2. The third-order valence-electron chi connectivity index (χ3n) is 3.68. The van der Waals surface area contributed by atoms with Gasteiger partial charge in [-0.2, -0.15) is 0 Å². The molecular weight excluding hydrogens is 330 g/mol. The molecule has 0 radical (unpaired) electrons.